The van der Waals surface area contributed by atoms with Crippen LogP contribution in [0, 0.1) is 0 Å². The molecular weight excluding hydrogens is 438 g/mol. The van der Waals surface area contributed by atoms with E-state index in [0.717, 1.165) is 0 Å². The van der Waals surface area contributed by atoms with Crippen LogP contribution in [-0.4, -0.2) is 4.57 Å². The largest absolute Gasteiger partial charge is 0.309 e. The molecule has 0 radical (unpaired) electrons. The summed E-state index contributed by atoms with van der Waals surface area (Å²) in [4.78, 5) is 5.01. The minimum absolute atomic E-state index is 1.18. The van der Waals surface area contributed by atoms with Gasteiger partial charge in [0.05, 0.1) is 11.0 Å². The third-order valence-electron chi connectivity index (χ3n) is 5.68. The molecule has 33 heavy (non-hydrogen) atoms. The highest BCUT2D eigenvalue weighted by molar-refractivity contribution is 7.99. The van der Waals surface area contributed by atoms with E-state index in [1.165, 1.54) is 47.1 Å². The van der Waals surface area contributed by atoms with Crippen LogP contribution in [0.15, 0.2) is 147 Å². The van der Waals surface area contributed by atoms with Gasteiger partial charge in [0.25, 0.3) is 0 Å². The van der Waals surface area contributed by atoms with Gasteiger partial charge in [-0.1, -0.05) is 78.1 Å². The van der Waals surface area contributed by atoms with Gasteiger partial charge in [-0.15, -0.1) is 0 Å². The van der Waals surface area contributed by atoms with Gasteiger partial charge in [0.15, 0.2) is 0 Å². The number of benzene rings is 5. The molecule has 5 aromatic carbocycles. The van der Waals surface area contributed by atoms with Crippen molar-refractivity contribution in [1.29, 1.82) is 0 Å². The number of fused-ring (bicyclic) bond motifs is 3. The third kappa shape index (κ3) is 4.06. The molecule has 0 spiro atoms. The van der Waals surface area contributed by atoms with Crippen LogP contribution in [0.5, 0.6) is 0 Å². The minimum Gasteiger partial charge on any atom is -0.309 e. The van der Waals surface area contributed by atoms with Crippen LogP contribution in [0.4, 0.5) is 0 Å². The fraction of sp³-hybridized carbons (Fsp3) is 0. The lowest BCUT2D eigenvalue weighted by atomic mass is 10.1. The Labute approximate surface area is 202 Å². The van der Waals surface area contributed by atoms with Gasteiger partial charge in [0, 0.05) is 36.0 Å². The van der Waals surface area contributed by atoms with E-state index in [1.54, 1.807) is 0 Å². The van der Waals surface area contributed by atoms with Crippen molar-refractivity contribution in [3.05, 3.63) is 127 Å². The van der Waals surface area contributed by atoms with Crippen molar-refractivity contribution in [2.75, 3.05) is 0 Å². The molecule has 0 amide bonds. The zero-order valence-electron chi connectivity index (χ0n) is 17.9. The first-order valence-corrected chi connectivity index (χ1v) is 12.6. The maximum absolute atomic E-state index is 2.37. The molecule has 1 heterocycles. The first-order chi connectivity index (χ1) is 16.3. The second kappa shape index (κ2) is 8.86. The number of hydrogen-bond donors (Lipinski definition) is 0. The summed E-state index contributed by atoms with van der Waals surface area (Å²) in [5.41, 5.74) is 3.65. The predicted octanol–water partition coefficient (Wildman–Crippen LogP) is 9.09. The summed E-state index contributed by atoms with van der Waals surface area (Å²) in [6, 6.07) is 45.5. The average molecular weight is 460 g/mol. The standard InChI is InChI=1S/C30H21NS2/c1-4-10-22(11-5-1)31-29-18-16-25(32-23-12-6-2-7-13-23)20-27(29)28-21-26(17-19-30(28)31)33-24-14-8-3-9-15-24/h1-21H. The van der Waals surface area contributed by atoms with E-state index in [9.17, 15) is 0 Å². The molecule has 0 N–H and O–H groups in total. The number of nitrogens with zero attached hydrogens (tertiary/aromatic N) is 1. The summed E-state index contributed by atoms with van der Waals surface area (Å²) >= 11 is 3.62. The average Bonchev–Trinajstić information content (AvgIpc) is 3.19. The Morgan fingerprint density at radius 3 is 1.27 bits per heavy atom. The second-order valence-corrected chi connectivity index (χ2v) is 10.2. The molecule has 0 saturated heterocycles. The molecule has 0 fully saturated rings. The third-order valence-corrected chi connectivity index (χ3v) is 7.68. The van der Waals surface area contributed by atoms with Crippen molar-refractivity contribution in [1.82, 2.24) is 4.57 Å². The van der Waals surface area contributed by atoms with Gasteiger partial charge < -0.3 is 4.57 Å². The Hall–Kier alpha value is -3.40. The minimum atomic E-state index is 1.18. The molecule has 6 aromatic rings. The van der Waals surface area contributed by atoms with Gasteiger partial charge in [0.1, 0.15) is 0 Å². The Kier molecular flexibility index (Phi) is 5.43. The molecule has 0 aliphatic heterocycles. The normalized spacial score (nSPS) is 11.3. The van der Waals surface area contributed by atoms with E-state index in [1.807, 2.05) is 23.5 Å². The Bertz CT molecular complexity index is 1440. The molecule has 158 valence electrons. The highest BCUT2D eigenvalue weighted by Crippen LogP contribution is 2.39. The molecule has 0 saturated carbocycles. The Morgan fingerprint density at radius 2 is 0.818 bits per heavy atom. The van der Waals surface area contributed by atoms with Crippen LogP contribution in [-0.2, 0) is 0 Å². The summed E-state index contributed by atoms with van der Waals surface area (Å²) in [5.74, 6) is 0. The molecule has 0 bridgehead atoms. The molecule has 1 aromatic heterocycles. The van der Waals surface area contributed by atoms with E-state index in [-0.39, 0.29) is 0 Å². The fourth-order valence-electron chi connectivity index (χ4n) is 4.21. The number of aromatic nitrogens is 1. The first kappa shape index (κ1) is 20.2. The Balaban J connectivity index is 1.53. The van der Waals surface area contributed by atoms with Crippen LogP contribution in [0.3, 0.4) is 0 Å². The van der Waals surface area contributed by atoms with Crippen molar-refractivity contribution < 1.29 is 0 Å². The number of rotatable bonds is 5. The van der Waals surface area contributed by atoms with Gasteiger partial charge in [-0.05, 0) is 72.8 Å². The van der Waals surface area contributed by atoms with Gasteiger partial charge in [0.2, 0.25) is 0 Å². The lowest BCUT2D eigenvalue weighted by molar-refractivity contribution is 1.18. The van der Waals surface area contributed by atoms with Crippen molar-refractivity contribution in [3.8, 4) is 5.69 Å². The van der Waals surface area contributed by atoms with E-state index >= 15 is 0 Å². The molecule has 1 nitrogen and oxygen atoms in total. The van der Waals surface area contributed by atoms with Crippen LogP contribution < -0.4 is 0 Å². The molecule has 0 aliphatic rings. The van der Waals surface area contributed by atoms with Gasteiger partial charge in [-0.3, -0.25) is 0 Å². The molecule has 0 aliphatic carbocycles. The van der Waals surface area contributed by atoms with E-state index in [0.29, 0.717) is 0 Å². The fourth-order valence-corrected chi connectivity index (χ4v) is 5.97. The highest BCUT2D eigenvalue weighted by Gasteiger charge is 2.14. The lowest BCUT2D eigenvalue weighted by Crippen LogP contribution is -1.92. The number of hydrogen-bond acceptors (Lipinski definition) is 2. The lowest BCUT2D eigenvalue weighted by Gasteiger charge is -2.08. The van der Waals surface area contributed by atoms with E-state index in [4.69, 9.17) is 0 Å². The molecule has 6 rings (SSSR count). The second-order valence-electron chi connectivity index (χ2n) is 7.86. The predicted molar refractivity (Wildman–Crippen MR) is 142 cm³/mol. The van der Waals surface area contributed by atoms with Gasteiger partial charge in [-0.2, -0.15) is 0 Å². The van der Waals surface area contributed by atoms with Crippen molar-refractivity contribution >= 4 is 45.3 Å². The summed E-state index contributed by atoms with van der Waals surface area (Å²) < 4.78 is 2.37. The molecule has 0 unspecified atom stereocenters. The first-order valence-electron chi connectivity index (χ1n) is 10.9. The SMILES string of the molecule is c1ccc(Sc2ccc3c(c2)c2cc(Sc4ccccc4)ccc2n3-c2ccccc2)cc1. The summed E-state index contributed by atoms with van der Waals surface area (Å²) in [5, 5.41) is 2.57. The van der Waals surface area contributed by atoms with Crippen LogP contribution in [0.1, 0.15) is 0 Å². The van der Waals surface area contributed by atoms with Gasteiger partial charge >= 0.3 is 0 Å². The van der Waals surface area contributed by atoms with Crippen molar-refractivity contribution in [2.45, 2.75) is 19.6 Å². The summed E-state index contributed by atoms with van der Waals surface area (Å²) in [6.45, 7) is 0. The zero-order chi connectivity index (χ0) is 22.0. The maximum Gasteiger partial charge on any atom is 0.0541 e. The van der Waals surface area contributed by atoms with Crippen molar-refractivity contribution in [3.63, 3.8) is 0 Å². The maximum atomic E-state index is 2.37. The molecular formula is C30H21NS2. The van der Waals surface area contributed by atoms with Crippen LogP contribution in [0.2, 0.25) is 0 Å². The molecule has 0 atom stereocenters. The smallest absolute Gasteiger partial charge is 0.0541 e. The zero-order valence-corrected chi connectivity index (χ0v) is 19.5. The molecule has 3 heteroatoms. The Morgan fingerprint density at radius 1 is 0.394 bits per heavy atom. The van der Waals surface area contributed by atoms with Crippen molar-refractivity contribution in [2.24, 2.45) is 0 Å². The summed E-state index contributed by atoms with van der Waals surface area (Å²) in [6.07, 6.45) is 0. The highest BCUT2D eigenvalue weighted by atomic mass is 32.2. The van der Waals surface area contributed by atoms with E-state index < -0.39 is 0 Å². The monoisotopic (exact) mass is 459 g/mol. The topological polar surface area (TPSA) is 4.93 Å². The quantitative estimate of drug-likeness (QED) is 0.253. The van der Waals surface area contributed by atoms with Crippen LogP contribution in [0.25, 0.3) is 27.5 Å². The van der Waals surface area contributed by atoms with E-state index in [2.05, 4.69) is 132 Å². The van der Waals surface area contributed by atoms with Gasteiger partial charge in [-0.25, -0.2) is 0 Å². The number of para-hydroxylation sites is 1. The van der Waals surface area contributed by atoms with Crippen LogP contribution >= 0.6 is 23.5 Å². The summed E-state index contributed by atoms with van der Waals surface area (Å²) in [7, 11) is 0.